The first-order valence-electron chi connectivity index (χ1n) is 10.6. The molecule has 2 aromatic carbocycles. The number of carbonyl (C=O) groups excluding carboxylic acids is 1. The quantitative estimate of drug-likeness (QED) is 0.682. The fourth-order valence-electron chi connectivity index (χ4n) is 4.18. The van der Waals surface area contributed by atoms with Crippen LogP contribution in [0.1, 0.15) is 35.7 Å². The van der Waals surface area contributed by atoms with Crippen LogP contribution >= 0.6 is 0 Å². The van der Waals surface area contributed by atoms with Gasteiger partial charge in [-0.05, 0) is 25.1 Å². The lowest BCUT2D eigenvalue weighted by Crippen LogP contribution is -2.50. The average Bonchev–Trinajstić information content (AvgIpc) is 3.11. The molecule has 0 spiro atoms. The van der Waals surface area contributed by atoms with Crippen LogP contribution in [0, 0.1) is 0 Å². The molecule has 2 atom stereocenters. The van der Waals surface area contributed by atoms with Crippen molar-refractivity contribution in [1.82, 2.24) is 9.21 Å². The summed E-state index contributed by atoms with van der Waals surface area (Å²) >= 11 is 0. The maximum absolute atomic E-state index is 13.2. The van der Waals surface area contributed by atoms with E-state index in [0.717, 1.165) is 5.56 Å². The molecule has 0 aromatic heterocycles. The Kier molecular flexibility index (Phi) is 6.05. The summed E-state index contributed by atoms with van der Waals surface area (Å²) in [6.45, 7) is 5.12. The molecular formula is C23H28N2O6S. The maximum atomic E-state index is 13.2. The standard InChI is InChI=1S/C23H28N2O6S/c1-15-16(2)31-22-18(15)6-5-7-19(22)23(26)24-10-12-25(13-11-24)32(27,28)17-8-9-20(29-3)21(14-17)30-4/h5-9,14-16H,10-13H2,1-4H3/t15-,16+/m0/s1. The molecule has 0 aliphatic carbocycles. The van der Waals surface area contributed by atoms with Gasteiger partial charge in [-0.3, -0.25) is 4.79 Å². The van der Waals surface area contributed by atoms with Gasteiger partial charge >= 0.3 is 0 Å². The van der Waals surface area contributed by atoms with Gasteiger partial charge in [0.15, 0.2) is 11.5 Å². The number of ether oxygens (including phenoxy) is 3. The van der Waals surface area contributed by atoms with Crippen molar-refractivity contribution in [2.24, 2.45) is 0 Å². The zero-order chi connectivity index (χ0) is 23.0. The number of carbonyl (C=O) groups is 1. The van der Waals surface area contributed by atoms with Crippen LogP contribution in [0.5, 0.6) is 17.2 Å². The minimum absolute atomic E-state index is 0.0161. The Morgan fingerprint density at radius 1 is 1.00 bits per heavy atom. The van der Waals surface area contributed by atoms with Crippen LogP contribution < -0.4 is 14.2 Å². The Labute approximate surface area is 188 Å². The summed E-state index contributed by atoms with van der Waals surface area (Å²) in [5.74, 6) is 1.55. The summed E-state index contributed by atoms with van der Waals surface area (Å²) in [4.78, 5) is 15.0. The number of hydrogen-bond donors (Lipinski definition) is 0. The van der Waals surface area contributed by atoms with Gasteiger partial charge in [-0.15, -0.1) is 0 Å². The van der Waals surface area contributed by atoms with E-state index in [-0.39, 0.29) is 35.9 Å². The van der Waals surface area contributed by atoms with Gasteiger partial charge in [0.1, 0.15) is 11.9 Å². The summed E-state index contributed by atoms with van der Waals surface area (Å²) in [5, 5.41) is 0. The number of fused-ring (bicyclic) bond motifs is 1. The topological polar surface area (TPSA) is 85.4 Å². The van der Waals surface area contributed by atoms with Crippen molar-refractivity contribution in [3.8, 4) is 17.2 Å². The molecule has 0 unspecified atom stereocenters. The third-order valence-corrected chi connectivity index (χ3v) is 8.19. The smallest absolute Gasteiger partial charge is 0.257 e. The molecule has 172 valence electrons. The molecule has 2 heterocycles. The van der Waals surface area contributed by atoms with Gasteiger partial charge in [-0.25, -0.2) is 8.42 Å². The third-order valence-electron chi connectivity index (χ3n) is 6.29. The molecular weight excluding hydrogens is 432 g/mol. The van der Waals surface area contributed by atoms with Crippen molar-refractivity contribution < 1.29 is 27.4 Å². The fraction of sp³-hybridized carbons (Fsp3) is 0.435. The van der Waals surface area contributed by atoms with E-state index in [9.17, 15) is 13.2 Å². The Balaban J connectivity index is 1.49. The summed E-state index contributed by atoms with van der Waals surface area (Å²) < 4.78 is 44.0. The summed E-state index contributed by atoms with van der Waals surface area (Å²) in [6, 6.07) is 10.2. The van der Waals surface area contributed by atoms with Gasteiger partial charge in [0.05, 0.1) is 24.7 Å². The van der Waals surface area contributed by atoms with Crippen LogP contribution in [0.3, 0.4) is 0 Å². The number of sulfonamides is 1. The van der Waals surface area contributed by atoms with E-state index < -0.39 is 10.0 Å². The lowest BCUT2D eigenvalue weighted by atomic mass is 9.96. The van der Waals surface area contributed by atoms with E-state index in [0.29, 0.717) is 35.9 Å². The molecule has 1 amide bonds. The molecule has 1 fully saturated rings. The molecule has 0 radical (unpaired) electrons. The van der Waals surface area contributed by atoms with Crippen molar-refractivity contribution in [3.05, 3.63) is 47.5 Å². The molecule has 0 N–H and O–H groups in total. The van der Waals surface area contributed by atoms with E-state index in [1.165, 1.54) is 30.7 Å². The van der Waals surface area contributed by atoms with Crippen molar-refractivity contribution in [1.29, 1.82) is 0 Å². The maximum Gasteiger partial charge on any atom is 0.257 e. The SMILES string of the molecule is COc1ccc(S(=O)(=O)N2CCN(C(=O)c3cccc4c3O[C@H](C)[C@@H]4C)CC2)cc1OC. The number of amides is 1. The zero-order valence-electron chi connectivity index (χ0n) is 18.7. The molecule has 32 heavy (non-hydrogen) atoms. The number of piperazine rings is 1. The normalized spacial score (nSPS) is 21.1. The largest absolute Gasteiger partial charge is 0.493 e. The molecule has 4 rings (SSSR count). The number of rotatable bonds is 5. The number of methoxy groups -OCH3 is 2. The first-order valence-corrected chi connectivity index (χ1v) is 12.0. The molecule has 9 heteroatoms. The van der Waals surface area contributed by atoms with Crippen LogP contribution in [-0.2, 0) is 10.0 Å². The monoisotopic (exact) mass is 460 g/mol. The highest BCUT2D eigenvalue weighted by Crippen LogP contribution is 2.40. The molecule has 0 bridgehead atoms. The van der Waals surface area contributed by atoms with Gasteiger partial charge in [0, 0.05) is 43.7 Å². The highest BCUT2D eigenvalue weighted by atomic mass is 32.2. The number of hydrogen-bond acceptors (Lipinski definition) is 6. The number of benzene rings is 2. The highest BCUT2D eigenvalue weighted by Gasteiger charge is 2.35. The molecule has 0 saturated carbocycles. The van der Waals surface area contributed by atoms with Gasteiger partial charge in [0.25, 0.3) is 5.91 Å². The van der Waals surface area contributed by atoms with Crippen LogP contribution in [-0.4, -0.2) is 70.0 Å². The minimum atomic E-state index is -3.72. The molecule has 2 aliphatic rings. The summed E-state index contributed by atoms with van der Waals surface area (Å²) in [6.07, 6.45) is 0.0161. The van der Waals surface area contributed by atoms with Gasteiger partial charge in [-0.1, -0.05) is 19.1 Å². The Bertz CT molecular complexity index is 1130. The first kappa shape index (κ1) is 22.4. The Morgan fingerprint density at radius 2 is 1.69 bits per heavy atom. The summed E-state index contributed by atoms with van der Waals surface area (Å²) in [7, 11) is -0.763. The zero-order valence-corrected chi connectivity index (χ0v) is 19.5. The third kappa shape index (κ3) is 3.80. The molecule has 2 aliphatic heterocycles. The van der Waals surface area contributed by atoms with Crippen LogP contribution in [0.15, 0.2) is 41.3 Å². The van der Waals surface area contributed by atoms with Crippen LogP contribution in [0.2, 0.25) is 0 Å². The van der Waals surface area contributed by atoms with Crippen molar-refractivity contribution >= 4 is 15.9 Å². The van der Waals surface area contributed by atoms with Gasteiger partial charge < -0.3 is 19.1 Å². The second kappa shape index (κ2) is 8.63. The van der Waals surface area contributed by atoms with Crippen LogP contribution in [0.25, 0.3) is 0 Å². The van der Waals surface area contributed by atoms with Crippen molar-refractivity contribution in [2.75, 3.05) is 40.4 Å². The first-order chi connectivity index (χ1) is 15.3. The number of nitrogens with zero attached hydrogens (tertiary/aromatic N) is 2. The van der Waals surface area contributed by atoms with E-state index in [4.69, 9.17) is 14.2 Å². The predicted molar refractivity (Wildman–Crippen MR) is 119 cm³/mol. The second-order valence-corrected chi connectivity index (χ2v) is 9.99. The van der Waals surface area contributed by atoms with E-state index >= 15 is 0 Å². The fourth-order valence-corrected chi connectivity index (χ4v) is 5.62. The molecule has 1 saturated heterocycles. The van der Waals surface area contributed by atoms with Gasteiger partial charge in [-0.2, -0.15) is 4.31 Å². The average molecular weight is 461 g/mol. The van der Waals surface area contributed by atoms with E-state index in [1.807, 2.05) is 19.1 Å². The predicted octanol–water partition coefficient (Wildman–Crippen LogP) is 2.73. The van der Waals surface area contributed by atoms with E-state index in [1.54, 1.807) is 17.0 Å². The van der Waals surface area contributed by atoms with Crippen molar-refractivity contribution in [3.63, 3.8) is 0 Å². The highest BCUT2D eigenvalue weighted by molar-refractivity contribution is 7.89. The van der Waals surface area contributed by atoms with E-state index in [2.05, 4.69) is 6.92 Å². The second-order valence-electron chi connectivity index (χ2n) is 8.05. The number of para-hydroxylation sites is 1. The van der Waals surface area contributed by atoms with Gasteiger partial charge in [0.2, 0.25) is 10.0 Å². The minimum Gasteiger partial charge on any atom is -0.493 e. The molecule has 2 aromatic rings. The van der Waals surface area contributed by atoms with Crippen LogP contribution in [0.4, 0.5) is 0 Å². The Morgan fingerprint density at radius 3 is 2.34 bits per heavy atom. The van der Waals surface area contributed by atoms with Crippen molar-refractivity contribution in [2.45, 2.75) is 30.8 Å². The Hall–Kier alpha value is -2.78. The lowest BCUT2D eigenvalue weighted by molar-refractivity contribution is 0.0692. The summed E-state index contributed by atoms with van der Waals surface area (Å²) in [5.41, 5.74) is 1.58. The lowest BCUT2D eigenvalue weighted by Gasteiger charge is -2.34. The molecule has 8 nitrogen and oxygen atoms in total.